The van der Waals surface area contributed by atoms with Crippen molar-refractivity contribution in [2.45, 2.75) is 51.9 Å². The van der Waals surface area contributed by atoms with Crippen LogP contribution in [-0.2, 0) is 9.59 Å². The molecule has 102 valence electrons. The van der Waals surface area contributed by atoms with Crippen molar-refractivity contribution in [3.63, 3.8) is 0 Å². The Hall–Kier alpha value is -1.06. The molecule has 1 N–H and O–H groups in total. The summed E-state index contributed by atoms with van der Waals surface area (Å²) in [6, 6.07) is 0. The maximum Gasteiger partial charge on any atom is 0.309 e. The highest BCUT2D eigenvalue weighted by Gasteiger charge is 2.41. The van der Waals surface area contributed by atoms with E-state index < -0.39 is 11.4 Å². The van der Waals surface area contributed by atoms with Crippen LogP contribution in [0, 0.1) is 11.3 Å². The number of hydrogen-bond acceptors (Lipinski definition) is 2. The van der Waals surface area contributed by atoms with E-state index >= 15 is 0 Å². The van der Waals surface area contributed by atoms with Gasteiger partial charge in [-0.1, -0.05) is 19.8 Å². The third kappa shape index (κ3) is 2.38. The first-order valence-electron chi connectivity index (χ1n) is 7.11. The lowest BCUT2D eigenvalue weighted by Gasteiger charge is -2.39. The average Bonchev–Trinajstić information content (AvgIpc) is 2.91. The van der Waals surface area contributed by atoms with Gasteiger partial charge < -0.3 is 10.0 Å². The fraction of sp³-hybridized carbons (Fsp3) is 0.857. The van der Waals surface area contributed by atoms with Crippen molar-refractivity contribution in [1.29, 1.82) is 0 Å². The summed E-state index contributed by atoms with van der Waals surface area (Å²) < 4.78 is 0. The summed E-state index contributed by atoms with van der Waals surface area (Å²) in [6.45, 7) is 3.17. The smallest absolute Gasteiger partial charge is 0.309 e. The molecule has 2 rings (SSSR count). The number of nitrogens with zero attached hydrogens (tertiary/aromatic N) is 1. The zero-order chi connectivity index (χ0) is 13.2. The first-order chi connectivity index (χ1) is 8.59. The highest BCUT2D eigenvalue weighted by Crippen LogP contribution is 2.36. The number of aliphatic carboxylic acids is 1. The van der Waals surface area contributed by atoms with Crippen molar-refractivity contribution < 1.29 is 14.7 Å². The van der Waals surface area contributed by atoms with Gasteiger partial charge in [-0.3, -0.25) is 9.59 Å². The predicted octanol–water partition coefficient (Wildman–Crippen LogP) is 2.28. The number of rotatable bonds is 3. The molecule has 0 aromatic heterocycles. The topological polar surface area (TPSA) is 57.6 Å². The number of hydrogen-bond donors (Lipinski definition) is 1. The molecule has 0 bridgehead atoms. The minimum Gasteiger partial charge on any atom is -0.481 e. The lowest BCUT2D eigenvalue weighted by molar-refractivity contribution is -0.155. The van der Waals surface area contributed by atoms with Gasteiger partial charge in [0.25, 0.3) is 0 Å². The fourth-order valence-electron chi connectivity index (χ4n) is 3.30. The Balaban J connectivity index is 1.93. The van der Waals surface area contributed by atoms with Crippen molar-refractivity contribution in [1.82, 2.24) is 4.90 Å². The van der Waals surface area contributed by atoms with Gasteiger partial charge in [-0.05, 0) is 32.1 Å². The molecule has 1 saturated carbocycles. The van der Waals surface area contributed by atoms with E-state index in [0.717, 1.165) is 25.7 Å². The summed E-state index contributed by atoms with van der Waals surface area (Å²) >= 11 is 0. The molecule has 1 amide bonds. The average molecular weight is 253 g/mol. The first-order valence-corrected chi connectivity index (χ1v) is 7.11. The molecule has 1 saturated heterocycles. The van der Waals surface area contributed by atoms with E-state index in [9.17, 15) is 14.7 Å². The summed E-state index contributed by atoms with van der Waals surface area (Å²) in [7, 11) is 0. The molecule has 4 heteroatoms. The van der Waals surface area contributed by atoms with Crippen LogP contribution in [0.1, 0.15) is 51.9 Å². The van der Waals surface area contributed by atoms with Gasteiger partial charge >= 0.3 is 5.97 Å². The molecule has 0 radical (unpaired) electrons. The van der Waals surface area contributed by atoms with E-state index in [2.05, 4.69) is 0 Å². The summed E-state index contributed by atoms with van der Waals surface area (Å²) in [5.41, 5.74) is -0.591. The second-order valence-corrected chi connectivity index (χ2v) is 5.75. The molecular formula is C14H23NO3. The van der Waals surface area contributed by atoms with Gasteiger partial charge in [0.2, 0.25) is 5.91 Å². The monoisotopic (exact) mass is 253 g/mol. The van der Waals surface area contributed by atoms with Crippen LogP contribution in [0.5, 0.6) is 0 Å². The number of piperidine rings is 1. The lowest BCUT2D eigenvalue weighted by Crippen LogP contribution is -2.47. The maximum atomic E-state index is 12.2. The van der Waals surface area contributed by atoms with Gasteiger partial charge in [0.15, 0.2) is 0 Å². The minimum absolute atomic E-state index is 0.212. The van der Waals surface area contributed by atoms with Gasteiger partial charge in [-0.15, -0.1) is 0 Å². The Morgan fingerprint density at radius 1 is 1.22 bits per heavy atom. The largest absolute Gasteiger partial charge is 0.481 e. The van der Waals surface area contributed by atoms with Crippen LogP contribution >= 0.6 is 0 Å². The Morgan fingerprint density at radius 3 is 2.22 bits per heavy atom. The molecular weight excluding hydrogens is 230 g/mol. The summed E-state index contributed by atoms with van der Waals surface area (Å²) in [5.74, 6) is -0.218. The third-order valence-corrected chi connectivity index (χ3v) is 4.87. The van der Waals surface area contributed by atoms with Crippen molar-refractivity contribution in [2.24, 2.45) is 11.3 Å². The van der Waals surface area contributed by atoms with Crippen LogP contribution in [0.15, 0.2) is 0 Å². The number of carbonyl (C=O) groups excluding carboxylic acids is 1. The fourth-order valence-corrected chi connectivity index (χ4v) is 3.30. The van der Waals surface area contributed by atoms with Gasteiger partial charge in [0.1, 0.15) is 0 Å². The Kier molecular flexibility index (Phi) is 3.93. The number of carbonyl (C=O) groups is 2. The van der Waals surface area contributed by atoms with E-state index in [4.69, 9.17) is 0 Å². The molecule has 4 nitrogen and oxygen atoms in total. The van der Waals surface area contributed by atoms with Crippen LogP contribution < -0.4 is 0 Å². The van der Waals surface area contributed by atoms with E-state index in [0.29, 0.717) is 32.4 Å². The SMILES string of the molecule is CCC1(C(=O)O)CCN(C(=O)C2CCCC2)CC1. The minimum atomic E-state index is -0.696. The molecule has 1 heterocycles. The van der Waals surface area contributed by atoms with Crippen LogP contribution in [0.25, 0.3) is 0 Å². The Morgan fingerprint density at radius 2 is 1.78 bits per heavy atom. The number of amides is 1. The maximum absolute atomic E-state index is 12.2. The summed E-state index contributed by atoms with van der Waals surface area (Å²) in [5, 5.41) is 9.32. The number of carboxylic acid groups (broad SMARTS) is 1. The lowest BCUT2D eigenvalue weighted by atomic mass is 9.76. The first kappa shape index (κ1) is 13.4. The van der Waals surface area contributed by atoms with Crippen LogP contribution in [0.4, 0.5) is 0 Å². The highest BCUT2D eigenvalue weighted by atomic mass is 16.4. The van der Waals surface area contributed by atoms with Crippen molar-refractivity contribution in [2.75, 3.05) is 13.1 Å². The van der Waals surface area contributed by atoms with Crippen molar-refractivity contribution in [3.8, 4) is 0 Å². The van der Waals surface area contributed by atoms with Gasteiger partial charge in [0.05, 0.1) is 5.41 Å². The molecule has 0 aromatic carbocycles. The Bertz CT molecular complexity index is 326. The summed E-state index contributed by atoms with van der Waals surface area (Å²) in [4.78, 5) is 25.5. The molecule has 0 atom stereocenters. The van der Waals surface area contributed by atoms with Gasteiger partial charge in [-0.2, -0.15) is 0 Å². The zero-order valence-electron chi connectivity index (χ0n) is 11.2. The number of likely N-dealkylation sites (tertiary alicyclic amines) is 1. The Labute approximate surface area is 108 Å². The molecule has 0 spiro atoms. The second kappa shape index (κ2) is 5.29. The van der Waals surface area contributed by atoms with Gasteiger partial charge in [0, 0.05) is 19.0 Å². The normalized spacial score (nSPS) is 24.2. The highest BCUT2D eigenvalue weighted by molar-refractivity contribution is 5.80. The molecule has 1 aliphatic carbocycles. The number of carboxylic acids is 1. The van der Waals surface area contributed by atoms with Crippen molar-refractivity contribution in [3.05, 3.63) is 0 Å². The van der Waals surface area contributed by atoms with Crippen LogP contribution in [-0.4, -0.2) is 35.0 Å². The molecule has 2 fully saturated rings. The van der Waals surface area contributed by atoms with Crippen LogP contribution in [0.2, 0.25) is 0 Å². The standard InChI is InChI=1S/C14H23NO3/c1-2-14(13(17)18)7-9-15(10-8-14)12(16)11-5-3-4-6-11/h11H,2-10H2,1H3,(H,17,18). The van der Waals surface area contributed by atoms with E-state index in [1.807, 2.05) is 11.8 Å². The molecule has 1 aliphatic heterocycles. The van der Waals surface area contributed by atoms with E-state index in [1.165, 1.54) is 0 Å². The van der Waals surface area contributed by atoms with Gasteiger partial charge in [-0.25, -0.2) is 0 Å². The third-order valence-electron chi connectivity index (χ3n) is 4.87. The van der Waals surface area contributed by atoms with E-state index in [1.54, 1.807) is 0 Å². The summed E-state index contributed by atoms with van der Waals surface area (Å²) in [6.07, 6.45) is 6.25. The van der Waals surface area contributed by atoms with Crippen molar-refractivity contribution >= 4 is 11.9 Å². The molecule has 2 aliphatic rings. The molecule has 0 unspecified atom stereocenters. The molecule has 18 heavy (non-hydrogen) atoms. The second-order valence-electron chi connectivity index (χ2n) is 5.75. The molecule has 0 aromatic rings. The van der Waals surface area contributed by atoms with E-state index in [-0.39, 0.29) is 11.8 Å². The quantitative estimate of drug-likeness (QED) is 0.839. The zero-order valence-corrected chi connectivity index (χ0v) is 11.2. The predicted molar refractivity (Wildman–Crippen MR) is 68.1 cm³/mol. The van der Waals surface area contributed by atoms with Crippen LogP contribution in [0.3, 0.4) is 0 Å².